The van der Waals surface area contributed by atoms with Gasteiger partial charge >= 0.3 is 11.7 Å². The molecule has 9 heteroatoms. The Morgan fingerprint density at radius 1 is 1.31 bits per heavy atom. The lowest BCUT2D eigenvalue weighted by Crippen LogP contribution is -2.52. The molecule has 9 nitrogen and oxygen atoms in total. The maximum atomic E-state index is 12.1. The number of carboxylic acids is 1. The third kappa shape index (κ3) is 3.51. The quantitative estimate of drug-likeness (QED) is 0.684. The van der Waals surface area contributed by atoms with Crippen molar-refractivity contribution < 1.29 is 9.90 Å². The molecule has 0 amide bonds. The van der Waals surface area contributed by atoms with Crippen LogP contribution in [0.3, 0.4) is 0 Å². The first-order chi connectivity index (χ1) is 12.3. The first kappa shape index (κ1) is 18.2. The van der Waals surface area contributed by atoms with Crippen LogP contribution in [-0.2, 0) is 18.9 Å². The highest BCUT2D eigenvalue weighted by Gasteiger charge is 2.37. The van der Waals surface area contributed by atoms with Crippen molar-refractivity contribution in [3.05, 3.63) is 26.4 Å². The number of hydrogen-bond acceptors (Lipinski definition) is 6. The summed E-state index contributed by atoms with van der Waals surface area (Å²) in [5, 5.41) is 21.5. The fourth-order valence-electron chi connectivity index (χ4n) is 3.46. The van der Waals surface area contributed by atoms with Crippen LogP contribution < -0.4 is 16.6 Å². The standard InChI is InChI=1S/C17H23N5O4/c1-20-15(13(7-18)16(25)21(2)17(20)26)19-11-5-12(6-11)22(9-14(23)24)8-10-3-4-10/h10-12,19H,3-6,8-9H2,1-2H3,(H,23,24). The van der Waals surface area contributed by atoms with E-state index in [0.717, 1.165) is 24.0 Å². The second-order valence-corrected chi connectivity index (χ2v) is 7.27. The smallest absolute Gasteiger partial charge is 0.332 e. The van der Waals surface area contributed by atoms with Crippen LogP contribution in [0.5, 0.6) is 0 Å². The van der Waals surface area contributed by atoms with Gasteiger partial charge in [-0.15, -0.1) is 0 Å². The van der Waals surface area contributed by atoms with Crippen LogP contribution in [0.4, 0.5) is 5.82 Å². The number of anilines is 1. The Balaban J connectivity index is 1.71. The molecule has 2 aliphatic carbocycles. The van der Waals surface area contributed by atoms with E-state index in [-0.39, 0.29) is 30.0 Å². The molecule has 0 atom stereocenters. The molecule has 2 aliphatic rings. The van der Waals surface area contributed by atoms with Gasteiger partial charge in [-0.05, 0) is 31.6 Å². The average molecular weight is 361 g/mol. The summed E-state index contributed by atoms with van der Waals surface area (Å²) in [6, 6.07) is 2.04. The first-order valence-corrected chi connectivity index (χ1v) is 8.74. The summed E-state index contributed by atoms with van der Waals surface area (Å²) in [5.41, 5.74) is -1.19. The normalized spacial score (nSPS) is 21.9. The number of aromatic nitrogens is 2. The summed E-state index contributed by atoms with van der Waals surface area (Å²) in [6.07, 6.45) is 3.75. The van der Waals surface area contributed by atoms with E-state index in [2.05, 4.69) is 5.32 Å². The second kappa shape index (κ2) is 6.96. The molecule has 3 rings (SSSR count). The molecule has 26 heavy (non-hydrogen) atoms. The molecule has 1 aromatic heterocycles. The van der Waals surface area contributed by atoms with Crippen LogP contribution in [0.25, 0.3) is 0 Å². The van der Waals surface area contributed by atoms with Gasteiger partial charge in [-0.2, -0.15) is 5.26 Å². The van der Waals surface area contributed by atoms with Gasteiger partial charge in [-0.3, -0.25) is 23.6 Å². The summed E-state index contributed by atoms with van der Waals surface area (Å²) in [6.45, 7) is 0.833. The minimum absolute atomic E-state index is 0.000282. The Morgan fingerprint density at radius 3 is 2.50 bits per heavy atom. The molecule has 0 saturated heterocycles. The second-order valence-electron chi connectivity index (χ2n) is 7.27. The van der Waals surface area contributed by atoms with E-state index in [1.54, 1.807) is 0 Å². The van der Waals surface area contributed by atoms with Crippen LogP contribution in [0, 0.1) is 17.2 Å². The Hall–Kier alpha value is -2.60. The number of aliphatic carboxylic acids is 1. The molecule has 0 spiro atoms. The molecule has 2 N–H and O–H groups in total. The largest absolute Gasteiger partial charge is 0.480 e. The number of hydrogen-bond donors (Lipinski definition) is 2. The molecule has 0 unspecified atom stereocenters. The molecule has 1 heterocycles. The number of nitriles is 1. The van der Waals surface area contributed by atoms with Crippen LogP contribution >= 0.6 is 0 Å². The van der Waals surface area contributed by atoms with Gasteiger partial charge in [0.2, 0.25) is 0 Å². The highest BCUT2D eigenvalue weighted by molar-refractivity contribution is 5.69. The highest BCUT2D eigenvalue weighted by atomic mass is 16.4. The zero-order valence-corrected chi connectivity index (χ0v) is 14.9. The molecule has 140 valence electrons. The molecule has 2 fully saturated rings. The fraction of sp³-hybridized carbons (Fsp3) is 0.647. The van der Waals surface area contributed by atoms with Gasteiger partial charge in [-0.1, -0.05) is 0 Å². The van der Waals surface area contributed by atoms with Crippen LogP contribution in [0.2, 0.25) is 0 Å². The minimum atomic E-state index is -0.831. The monoisotopic (exact) mass is 361 g/mol. The van der Waals surface area contributed by atoms with Gasteiger partial charge in [-0.25, -0.2) is 4.79 Å². The van der Waals surface area contributed by atoms with Crippen LogP contribution in [0.1, 0.15) is 31.2 Å². The van der Waals surface area contributed by atoms with Gasteiger partial charge < -0.3 is 10.4 Å². The fourth-order valence-corrected chi connectivity index (χ4v) is 3.46. The minimum Gasteiger partial charge on any atom is -0.480 e. The van der Waals surface area contributed by atoms with Crippen molar-refractivity contribution in [2.24, 2.45) is 20.0 Å². The zero-order valence-electron chi connectivity index (χ0n) is 14.9. The Bertz CT molecular complexity index is 871. The zero-order chi connectivity index (χ0) is 19.0. The number of nitrogens with zero attached hydrogens (tertiary/aromatic N) is 4. The van der Waals surface area contributed by atoms with E-state index < -0.39 is 17.2 Å². The molecule has 0 aliphatic heterocycles. The predicted molar refractivity (Wildman–Crippen MR) is 94.0 cm³/mol. The van der Waals surface area contributed by atoms with Gasteiger partial charge in [0.1, 0.15) is 11.9 Å². The molecular formula is C17H23N5O4. The van der Waals surface area contributed by atoms with Crippen molar-refractivity contribution in [3.8, 4) is 6.07 Å². The van der Waals surface area contributed by atoms with E-state index in [1.165, 1.54) is 18.7 Å². The first-order valence-electron chi connectivity index (χ1n) is 8.74. The summed E-state index contributed by atoms with van der Waals surface area (Å²) in [5.74, 6) is 0.00308. The highest BCUT2D eigenvalue weighted by Crippen LogP contribution is 2.34. The average Bonchev–Trinajstić information content (AvgIpc) is 3.36. The van der Waals surface area contributed by atoms with E-state index in [0.29, 0.717) is 18.8 Å². The van der Waals surface area contributed by atoms with Crippen molar-refractivity contribution >= 4 is 11.8 Å². The number of rotatable bonds is 7. The lowest BCUT2D eigenvalue weighted by molar-refractivity contribution is -0.139. The summed E-state index contributed by atoms with van der Waals surface area (Å²) in [4.78, 5) is 37.3. The number of nitrogens with one attached hydrogen (secondary N) is 1. The van der Waals surface area contributed by atoms with Gasteiger partial charge in [0.25, 0.3) is 5.56 Å². The van der Waals surface area contributed by atoms with Crippen molar-refractivity contribution in [2.75, 3.05) is 18.4 Å². The van der Waals surface area contributed by atoms with Crippen molar-refractivity contribution in [3.63, 3.8) is 0 Å². The summed E-state index contributed by atoms with van der Waals surface area (Å²) >= 11 is 0. The lowest BCUT2D eigenvalue weighted by Gasteiger charge is -2.43. The Kier molecular flexibility index (Phi) is 4.87. The molecule has 1 aromatic rings. The molecule has 2 saturated carbocycles. The summed E-state index contributed by atoms with van der Waals surface area (Å²) in [7, 11) is 2.86. The summed E-state index contributed by atoms with van der Waals surface area (Å²) < 4.78 is 2.18. The van der Waals surface area contributed by atoms with Gasteiger partial charge in [0, 0.05) is 32.7 Å². The molecule has 0 bridgehead atoms. The van der Waals surface area contributed by atoms with Gasteiger partial charge in [0.15, 0.2) is 5.56 Å². The third-order valence-electron chi connectivity index (χ3n) is 5.27. The van der Waals surface area contributed by atoms with Crippen LogP contribution in [-0.4, -0.2) is 50.3 Å². The maximum Gasteiger partial charge on any atom is 0.332 e. The van der Waals surface area contributed by atoms with E-state index in [9.17, 15) is 19.6 Å². The van der Waals surface area contributed by atoms with E-state index in [1.807, 2.05) is 11.0 Å². The number of carbonyl (C=O) groups is 1. The third-order valence-corrected chi connectivity index (χ3v) is 5.27. The molecular weight excluding hydrogens is 338 g/mol. The van der Waals surface area contributed by atoms with Crippen LogP contribution in [0.15, 0.2) is 9.59 Å². The van der Waals surface area contributed by atoms with Crippen molar-refractivity contribution in [1.82, 2.24) is 14.0 Å². The van der Waals surface area contributed by atoms with E-state index in [4.69, 9.17) is 5.11 Å². The van der Waals surface area contributed by atoms with Gasteiger partial charge in [0.05, 0.1) is 6.54 Å². The molecule has 0 aromatic carbocycles. The SMILES string of the molecule is Cn1c(NC2CC(N(CC(=O)O)CC3CC3)C2)c(C#N)c(=O)n(C)c1=O. The van der Waals surface area contributed by atoms with Crippen molar-refractivity contribution in [2.45, 2.75) is 37.8 Å². The maximum absolute atomic E-state index is 12.1. The Morgan fingerprint density at radius 2 is 1.96 bits per heavy atom. The lowest BCUT2D eigenvalue weighted by atomic mass is 9.85. The predicted octanol–water partition coefficient (Wildman–Crippen LogP) is -0.305. The topological polar surface area (TPSA) is 120 Å². The van der Waals surface area contributed by atoms with E-state index >= 15 is 0 Å². The van der Waals surface area contributed by atoms with Crippen molar-refractivity contribution in [1.29, 1.82) is 5.26 Å². The number of carboxylic acid groups (broad SMARTS) is 1. The molecule has 0 radical (unpaired) electrons. The Labute approximate surface area is 150 Å².